The lowest BCUT2D eigenvalue weighted by Gasteiger charge is -2.36. The maximum Gasteiger partial charge on any atom is 0.220 e. The molecule has 148 valence electrons. The molecule has 0 aromatic carbocycles. The van der Waals surface area contributed by atoms with E-state index in [0.29, 0.717) is 19.4 Å². The molecule has 25 heavy (non-hydrogen) atoms. The number of amides is 1. The molecule has 0 unspecified atom stereocenters. The summed E-state index contributed by atoms with van der Waals surface area (Å²) in [6, 6.07) is 0.174. The lowest BCUT2D eigenvalue weighted by molar-refractivity contribution is -0.250. The molecule has 0 aromatic rings. The van der Waals surface area contributed by atoms with Gasteiger partial charge in [-0.15, -0.1) is 0 Å². The van der Waals surface area contributed by atoms with Crippen LogP contribution in [0.1, 0.15) is 52.4 Å². The predicted octanol–water partition coefficient (Wildman–Crippen LogP) is 1.62. The van der Waals surface area contributed by atoms with Gasteiger partial charge in [-0.2, -0.15) is 0 Å². The standard InChI is InChI=1S/C18H35NO6/c1-13(8-7-10-22-3)19-16(20)9-5-6-11-24-17-12-15(23-4)18(21)14(2)25-17/h13-15,17-18,21H,5-12H2,1-4H3,(H,19,20)/t13-,14+,15+,17+,18-/m0/s1. The third-order valence-corrected chi connectivity index (χ3v) is 4.45. The Morgan fingerprint density at radius 2 is 2.04 bits per heavy atom. The van der Waals surface area contributed by atoms with Crippen LogP contribution in [0.4, 0.5) is 0 Å². The Hall–Kier alpha value is -0.730. The van der Waals surface area contributed by atoms with Crippen LogP contribution in [0, 0.1) is 0 Å². The lowest BCUT2D eigenvalue weighted by Crippen LogP contribution is -2.48. The zero-order chi connectivity index (χ0) is 18.7. The molecule has 0 aromatic heterocycles. The summed E-state index contributed by atoms with van der Waals surface area (Å²) in [6.07, 6.45) is 2.89. The van der Waals surface area contributed by atoms with Gasteiger partial charge in [0.05, 0.1) is 12.2 Å². The van der Waals surface area contributed by atoms with E-state index in [4.69, 9.17) is 18.9 Å². The van der Waals surface area contributed by atoms with Gasteiger partial charge in [0, 0.05) is 46.3 Å². The summed E-state index contributed by atoms with van der Waals surface area (Å²) in [5, 5.41) is 12.9. The van der Waals surface area contributed by atoms with E-state index in [1.54, 1.807) is 14.2 Å². The summed E-state index contributed by atoms with van der Waals surface area (Å²) in [6.45, 7) is 5.07. The van der Waals surface area contributed by atoms with Crippen LogP contribution in [-0.4, -0.2) is 69.1 Å². The van der Waals surface area contributed by atoms with Crippen molar-refractivity contribution in [1.82, 2.24) is 5.32 Å². The first-order valence-corrected chi connectivity index (χ1v) is 9.24. The molecule has 0 saturated carbocycles. The van der Waals surface area contributed by atoms with Gasteiger partial charge in [0.25, 0.3) is 0 Å². The average molecular weight is 361 g/mol. The second kappa shape index (κ2) is 12.6. The zero-order valence-electron chi connectivity index (χ0n) is 16.0. The highest BCUT2D eigenvalue weighted by molar-refractivity contribution is 5.76. The van der Waals surface area contributed by atoms with E-state index >= 15 is 0 Å². The molecular weight excluding hydrogens is 326 g/mol. The highest BCUT2D eigenvalue weighted by Crippen LogP contribution is 2.23. The van der Waals surface area contributed by atoms with E-state index in [1.165, 1.54) is 0 Å². The molecule has 1 amide bonds. The van der Waals surface area contributed by atoms with Crippen molar-refractivity contribution in [2.45, 2.75) is 83.0 Å². The number of unbranched alkanes of at least 4 members (excludes halogenated alkanes) is 1. The minimum atomic E-state index is -0.626. The van der Waals surface area contributed by atoms with Gasteiger partial charge in [-0.25, -0.2) is 0 Å². The van der Waals surface area contributed by atoms with Crippen LogP contribution in [0.5, 0.6) is 0 Å². The van der Waals surface area contributed by atoms with Crippen LogP contribution in [0.15, 0.2) is 0 Å². The first-order chi connectivity index (χ1) is 12.0. The molecule has 0 bridgehead atoms. The first kappa shape index (κ1) is 22.3. The Bertz CT molecular complexity index is 367. The van der Waals surface area contributed by atoms with E-state index in [1.807, 2.05) is 13.8 Å². The van der Waals surface area contributed by atoms with Crippen LogP contribution in [-0.2, 0) is 23.7 Å². The third kappa shape index (κ3) is 8.96. The Balaban J connectivity index is 2.08. The normalized spacial score (nSPS) is 27.9. The van der Waals surface area contributed by atoms with Crippen LogP contribution >= 0.6 is 0 Å². The number of ether oxygens (including phenoxy) is 4. The number of hydrogen-bond acceptors (Lipinski definition) is 6. The van der Waals surface area contributed by atoms with Crippen LogP contribution < -0.4 is 5.32 Å². The van der Waals surface area contributed by atoms with Gasteiger partial charge in [-0.3, -0.25) is 4.79 Å². The fourth-order valence-electron chi connectivity index (χ4n) is 2.91. The largest absolute Gasteiger partial charge is 0.388 e. The number of nitrogens with one attached hydrogen (secondary N) is 1. The Morgan fingerprint density at radius 1 is 1.28 bits per heavy atom. The van der Waals surface area contributed by atoms with Crippen molar-refractivity contribution in [3.8, 4) is 0 Å². The van der Waals surface area contributed by atoms with Gasteiger partial charge in [-0.05, 0) is 39.5 Å². The smallest absolute Gasteiger partial charge is 0.220 e. The topological polar surface area (TPSA) is 86.3 Å². The SMILES string of the molecule is COCCC[C@H](C)NC(=O)CCCCO[C@H]1C[C@@H](OC)[C@@H](O)[C@@H](C)O1. The van der Waals surface area contributed by atoms with Crippen molar-refractivity contribution in [2.24, 2.45) is 0 Å². The minimum absolute atomic E-state index is 0.0787. The molecule has 0 aliphatic carbocycles. The van der Waals surface area contributed by atoms with Gasteiger partial charge in [0.15, 0.2) is 6.29 Å². The van der Waals surface area contributed by atoms with Crippen molar-refractivity contribution in [3.63, 3.8) is 0 Å². The Labute approximate surface area is 151 Å². The van der Waals surface area contributed by atoms with Crippen molar-refractivity contribution in [1.29, 1.82) is 0 Å². The van der Waals surface area contributed by atoms with Crippen LogP contribution in [0.25, 0.3) is 0 Å². The highest BCUT2D eigenvalue weighted by atomic mass is 16.7. The fraction of sp³-hybridized carbons (Fsp3) is 0.944. The van der Waals surface area contributed by atoms with Gasteiger partial charge in [0.1, 0.15) is 6.10 Å². The second-order valence-electron chi connectivity index (χ2n) is 6.70. The lowest BCUT2D eigenvalue weighted by atomic mass is 10.0. The first-order valence-electron chi connectivity index (χ1n) is 9.24. The summed E-state index contributed by atoms with van der Waals surface area (Å²) in [5.41, 5.74) is 0. The summed E-state index contributed by atoms with van der Waals surface area (Å²) >= 11 is 0. The maximum absolute atomic E-state index is 11.9. The molecule has 1 fully saturated rings. The molecule has 2 N–H and O–H groups in total. The van der Waals surface area contributed by atoms with E-state index in [0.717, 1.165) is 32.3 Å². The number of methoxy groups -OCH3 is 2. The molecule has 1 aliphatic heterocycles. The maximum atomic E-state index is 11.9. The molecule has 1 rings (SSSR count). The van der Waals surface area contributed by atoms with Crippen molar-refractivity contribution in [3.05, 3.63) is 0 Å². The molecule has 5 atom stereocenters. The quantitative estimate of drug-likeness (QED) is 0.514. The van der Waals surface area contributed by atoms with E-state index in [9.17, 15) is 9.90 Å². The predicted molar refractivity (Wildman–Crippen MR) is 94.3 cm³/mol. The summed E-state index contributed by atoms with van der Waals surface area (Å²) < 4.78 is 21.6. The summed E-state index contributed by atoms with van der Waals surface area (Å²) in [4.78, 5) is 11.9. The number of aliphatic hydroxyl groups excluding tert-OH is 1. The number of carbonyl (C=O) groups excluding carboxylic acids is 1. The van der Waals surface area contributed by atoms with Gasteiger partial charge < -0.3 is 29.4 Å². The molecule has 0 radical (unpaired) electrons. The summed E-state index contributed by atoms with van der Waals surface area (Å²) in [5.74, 6) is 0.0787. The highest BCUT2D eigenvalue weighted by Gasteiger charge is 2.35. The molecular formula is C18H35NO6. The van der Waals surface area contributed by atoms with E-state index in [-0.39, 0.29) is 30.4 Å². The van der Waals surface area contributed by atoms with Crippen molar-refractivity contribution < 1.29 is 28.8 Å². The second-order valence-corrected chi connectivity index (χ2v) is 6.70. The van der Waals surface area contributed by atoms with Crippen LogP contribution in [0.2, 0.25) is 0 Å². The number of carbonyl (C=O) groups is 1. The molecule has 7 nitrogen and oxygen atoms in total. The Morgan fingerprint density at radius 3 is 2.72 bits per heavy atom. The monoisotopic (exact) mass is 361 g/mol. The van der Waals surface area contributed by atoms with Crippen LogP contribution in [0.3, 0.4) is 0 Å². The molecule has 1 heterocycles. The fourth-order valence-corrected chi connectivity index (χ4v) is 2.91. The number of aliphatic hydroxyl groups is 1. The zero-order valence-corrected chi connectivity index (χ0v) is 16.0. The molecule has 7 heteroatoms. The van der Waals surface area contributed by atoms with Crippen molar-refractivity contribution in [2.75, 3.05) is 27.4 Å². The Kier molecular flexibility index (Phi) is 11.2. The number of hydrogen-bond donors (Lipinski definition) is 2. The van der Waals surface area contributed by atoms with E-state index < -0.39 is 6.10 Å². The summed E-state index contributed by atoms with van der Waals surface area (Å²) in [7, 11) is 3.26. The third-order valence-electron chi connectivity index (χ3n) is 4.45. The minimum Gasteiger partial charge on any atom is -0.388 e. The average Bonchev–Trinajstić information content (AvgIpc) is 2.57. The van der Waals surface area contributed by atoms with Crippen molar-refractivity contribution >= 4 is 5.91 Å². The molecule has 0 spiro atoms. The number of rotatable bonds is 12. The van der Waals surface area contributed by atoms with E-state index in [2.05, 4.69) is 5.32 Å². The molecule has 1 aliphatic rings. The molecule has 1 saturated heterocycles. The van der Waals surface area contributed by atoms with Gasteiger partial charge >= 0.3 is 0 Å². The van der Waals surface area contributed by atoms with Gasteiger partial charge in [0.2, 0.25) is 5.91 Å². The van der Waals surface area contributed by atoms with Gasteiger partial charge in [-0.1, -0.05) is 0 Å².